The van der Waals surface area contributed by atoms with Crippen LogP contribution in [0.1, 0.15) is 41.0 Å². The Kier molecular flexibility index (Phi) is 16.7. The van der Waals surface area contributed by atoms with Gasteiger partial charge in [-0.3, -0.25) is 0 Å². The summed E-state index contributed by atoms with van der Waals surface area (Å²) < 4.78 is 19.9. The van der Waals surface area contributed by atoms with E-state index in [9.17, 15) is 24.0 Å². The van der Waals surface area contributed by atoms with Crippen molar-refractivity contribution in [3.63, 3.8) is 0 Å². The number of rotatable bonds is 12. The van der Waals surface area contributed by atoms with E-state index in [1.807, 2.05) is 6.92 Å². The number of ether oxygens (including phenoxy) is 4. The maximum Gasteiger partial charge on any atom is 0.440 e. The first-order valence-electron chi connectivity index (χ1n) is 10.5. The molecule has 0 aliphatic rings. The zero-order valence-electron chi connectivity index (χ0n) is 21.0. The number of hydroxylamine groups is 1. The van der Waals surface area contributed by atoms with Gasteiger partial charge in [0.1, 0.15) is 19.8 Å². The van der Waals surface area contributed by atoms with Gasteiger partial charge in [0, 0.05) is 22.8 Å². The molecule has 0 heterocycles. The van der Waals surface area contributed by atoms with E-state index in [0.717, 1.165) is 6.08 Å². The van der Waals surface area contributed by atoms with Crippen molar-refractivity contribution in [2.45, 2.75) is 41.0 Å². The Hall–Kier alpha value is -3.89. The second-order valence-electron chi connectivity index (χ2n) is 7.37. The molecule has 0 radical (unpaired) electrons. The first-order valence-corrected chi connectivity index (χ1v) is 10.5. The summed E-state index contributed by atoms with van der Waals surface area (Å²) in [6.07, 6.45) is 0.568. The van der Waals surface area contributed by atoms with Crippen LogP contribution < -0.4 is 5.48 Å². The average molecular weight is 498 g/mol. The van der Waals surface area contributed by atoms with Crippen LogP contribution in [0.25, 0.3) is 0 Å². The van der Waals surface area contributed by atoms with E-state index in [-0.39, 0.29) is 43.1 Å². The van der Waals surface area contributed by atoms with Gasteiger partial charge < -0.3 is 23.8 Å². The fraction of sp³-hybridized carbons (Fsp3) is 0.458. The lowest BCUT2D eigenvalue weighted by Crippen LogP contribution is -2.39. The van der Waals surface area contributed by atoms with Gasteiger partial charge in [0.25, 0.3) is 0 Å². The average Bonchev–Trinajstić information content (AvgIpc) is 2.81. The number of hydrogen-bond acceptors (Lipinski definition) is 10. The third-order valence-corrected chi connectivity index (χ3v) is 4.00. The van der Waals surface area contributed by atoms with Crippen molar-refractivity contribution in [1.29, 1.82) is 0 Å². The Morgan fingerprint density at radius 2 is 1.11 bits per heavy atom. The van der Waals surface area contributed by atoms with Crippen LogP contribution in [0.3, 0.4) is 0 Å². The van der Waals surface area contributed by atoms with Crippen LogP contribution in [-0.2, 0) is 43.0 Å². The number of amides is 1. The summed E-state index contributed by atoms with van der Waals surface area (Å²) in [7, 11) is 0. The van der Waals surface area contributed by atoms with Crippen molar-refractivity contribution >= 4 is 30.0 Å². The monoisotopic (exact) mass is 497 g/mol. The van der Waals surface area contributed by atoms with Gasteiger partial charge in [-0.1, -0.05) is 33.2 Å². The lowest BCUT2D eigenvalue weighted by Gasteiger charge is -2.31. The smallest absolute Gasteiger partial charge is 0.440 e. The number of esters is 3. The number of nitrogens with one attached hydrogen (secondary N) is 1. The maximum absolute atomic E-state index is 11.6. The Morgan fingerprint density at radius 3 is 1.37 bits per heavy atom. The Morgan fingerprint density at radius 1 is 0.743 bits per heavy atom. The highest BCUT2D eigenvalue weighted by atomic mass is 16.7. The molecule has 1 amide bonds. The molecule has 196 valence electrons. The van der Waals surface area contributed by atoms with Crippen molar-refractivity contribution < 1.29 is 47.8 Å². The molecule has 11 heteroatoms. The SMILES string of the molecule is C=C(C)C(=O)OCC(CC)(COC(=O)C(=C)C)COC(=O)C(=C)C.C=CC(=O)ONC(=O)OCC. The fourth-order valence-corrected chi connectivity index (χ4v) is 1.75. The van der Waals surface area contributed by atoms with Crippen molar-refractivity contribution in [1.82, 2.24) is 5.48 Å². The summed E-state index contributed by atoms with van der Waals surface area (Å²) in [4.78, 5) is 59.8. The van der Waals surface area contributed by atoms with E-state index in [2.05, 4.69) is 35.9 Å². The highest BCUT2D eigenvalue weighted by Gasteiger charge is 2.34. The lowest BCUT2D eigenvalue weighted by molar-refractivity contribution is -0.157. The van der Waals surface area contributed by atoms with Crippen LogP contribution in [0.4, 0.5) is 4.79 Å². The molecule has 0 unspecified atom stereocenters. The van der Waals surface area contributed by atoms with E-state index in [4.69, 9.17) is 14.2 Å². The standard InChI is InChI=1S/C18H26O6.C6H9NO4/c1-8-18(9-22-15(19)12(2)3,10-23-16(20)13(4)5)11-24-17(21)14(6)7;1-3-5(8)11-7-6(9)10-4-2/h2,4,6,8-11H2,1,3,5,7H3;3H,1,4H2,2H3,(H,7,9). The van der Waals surface area contributed by atoms with E-state index >= 15 is 0 Å². The largest absolute Gasteiger partial charge is 0.461 e. The van der Waals surface area contributed by atoms with Crippen LogP contribution in [0.15, 0.2) is 49.1 Å². The molecule has 0 aromatic carbocycles. The minimum atomic E-state index is -0.860. The summed E-state index contributed by atoms with van der Waals surface area (Å²) >= 11 is 0. The highest BCUT2D eigenvalue weighted by Crippen LogP contribution is 2.25. The Bertz CT molecular complexity index is 754. The number of hydrogen-bond donors (Lipinski definition) is 1. The predicted octanol–water partition coefficient (Wildman–Crippen LogP) is 3.12. The van der Waals surface area contributed by atoms with Gasteiger partial charge in [-0.25, -0.2) is 24.0 Å². The molecule has 0 rings (SSSR count). The second-order valence-corrected chi connectivity index (χ2v) is 7.37. The van der Waals surface area contributed by atoms with E-state index in [0.29, 0.717) is 6.42 Å². The molecule has 0 aromatic rings. The summed E-state index contributed by atoms with van der Waals surface area (Å²) in [6.45, 7) is 21.6. The van der Waals surface area contributed by atoms with Crippen LogP contribution in [-0.4, -0.2) is 56.4 Å². The third kappa shape index (κ3) is 15.6. The van der Waals surface area contributed by atoms with Gasteiger partial charge in [0.2, 0.25) is 0 Å². The molecule has 0 saturated heterocycles. The van der Waals surface area contributed by atoms with Gasteiger partial charge >= 0.3 is 30.0 Å². The van der Waals surface area contributed by atoms with Crippen molar-refractivity contribution in [2.75, 3.05) is 26.4 Å². The van der Waals surface area contributed by atoms with Gasteiger partial charge in [0.05, 0.1) is 12.0 Å². The van der Waals surface area contributed by atoms with E-state index < -0.39 is 35.4 Å². The molecule has 0 aromatic heterocycles. The second kappa shape index (κ2) is 17.6. The van der Waals surface area contributed by atoms with Gasteiger partial charge in [-0.15, -0.1) is 5.48 Å². The summed E-state index contributed by atoms with van der Waals surface area (Å²) in [5.74, 6) is -2.43. The molecule has 0 atom stereocenters. The lowest BCUT2D eigenvalue weighted by atomic mass is 9.88. The number of carbonyl (C=O) groups excluding carboxylic acids is 5. The Balaban J connectivity index is 0. The fourth-order valence-electron chi connectivity index (χ4n) is 1.75. The predicted molar refractivity (Wildman–Crippen MR) is 126 cm³/mol. The quantitative estimate of drug-likeness (QED) is 0.185. The van der Waals surface area contributed by atoms with Crippen molar-refractivity contribution in [3.8, 4) is 0 Å². The Labute approximate surface area is 205 Å². The molecule has 0 spiro atoms. The van der Waals surface area contributed by atoms with Gasteiger partial charge in [0.15, 0.2) is 0 Å². The summed E-state index contributed by atoms with van der Waals surface area (Å²) in [5.41, 5.74) is 1.64. The molecular weight excluding hydrogens is 462 g/mol. The van der Waals surface area contributed by atoms with Gasteiger partial charge in [-0.2, -0.15) is 0 Å². The molecule has 11 nitrogen and oxygen atoms in total. The molecule has 0 aliphatic carbocycles. The summed E-state index contributed by atoms with van der Waals surface area (Å²) in [6, 6.07) is 0. The van der Waals surface area contributed by atoms with Crippen molar-refractivity contribution in [3.05, 3.63) is 49.1 Å². The molecule has 0 aliphatic heterocycles. The van der Waals surface area contributed by atoms with Crippen LogP contribution in [0, 0.1) is 5.41 Å². The molecule has 0 saturated carbocycles. The topological polar surface area (TPSA) is 144 Å². The van der Waals surface area contributed by atoms with Crippen LogP contribution in [0.2, 0.25) is 0 Å². The van der Waals surface area contributed by atoms with Gasteiger partial charge in [-0.05, 0) is 34.1 Å². The molecule has 35 heavy (non-hydrogen) atoms. The minimum absolute atomic E-state index is 0.0812. The van der Waals surface area contributed by atoms with Crippen molar-refractivity contribution in [2.24, 2.45) is 5.41 Å². The first kappa shape index (κ1) is 33.3. The molecule has 0 bridgehead atoms. The highest BCUT2D eigenvalue weighted by molar-refractivity contribution is 5.88. The molecule has 1 N–H and O–H groups in total. The van der Waals surface area contributed by atoms with E-state index in [1.165, 1.54) is 20.8 Å². The molecule has 0 fully saturated rings. The van der Waals surface area contributed by atoms with E-state index in [1.54, 1.807) is 12.4 Å². The normalized spacial score (nSPS) is 9.74. The van der Waals surface area contributed by atoms with Crippen LogP contribution in [0.5, 0.6) is 0 Å². The number of carbonyl (C=O) groups is 5. The zero-order valence-corrected chi connectivity index (χ0v) is 21.0. The maximum atomic E-state index is 11.6. The molecular formula is C24H35NO10. The summed E-state index contributed by atoms with van der Waals surface area (Å²) in [5, 5.41) is 0. The third-order valence-electron chi connectivity index (χ3n) is 4.00. The van der Waals surface area contributed by atoms with Crippen LogP contribution >= 0.6 is 0 Å². The minimum Gasteiger partial charge on any atom is -0.461 e. The first-order chi connectivity index (χ1) is 16.2. The zero-order chi connectivity index (χ0) is 27.6.